The number of para-hydroxylation sites is 1. The summed E-state index contributed by atoms with van der Waals surface area (Å²) in [6, 6.07) is 6.59. The second-order valence-corrected chi connectivity index (χ2v) is 2.16. The van der Waals surface area contributed by atoms with Gasteiger partial charge in [0.2, 0.25) is 0 Å². The van der Waals surface area contributed by atoms with E-state index in [-0.39, 0.29) is 5.75 Å². The molecule has 0 amide bonds. The Morgan fingerprint density at radius 1 is 1.45 bits per heavy atom. The van der Waals surface area contributed by atoms with Crippen molar-refractivity contribution in [2.45, 2.75) is 0 Å². The maximum atomic E-state index is 10.2. The average molecular weight is 148 g/mol. The number of allylic oxidation sites excluding steroid dienone is 1. The van der Waals surface area contributed by atoms with Crippen LogP contribution in [0.15, 0.2) is 30.8 Å². The molecule has 2 heteroatoms. The Hall–Kier alpha value is -1.57. The minimum Gasteiger partial charge on any atom is -0.507 e. The molecule has 0 aliphatic rings. The van der Waals surface area contributed by atoms with Gasteiger partial charge in [-0.15, -0.1) is 0 Å². The summed E-state index contributed by atoms with van der Waals surface area (Å²) in [5.41, 5.74) is 0.783. The Bertz CT molecular complexity index is 289. The second kappa shape index (κ2) is 3.01. The lowest BCUT2D eigenvalue weighted by Gasteiger charge is -1.99. The molecule has 0 saturated carbocycles. The average Bonchev–Trinajstić information content (AvgIpc) is 2.04. The van der Waals surface area contributed by atoms with Crippen molar-refractivity contribution in [2.24, 2.45) is 0 Å². The molecule has 0 aliphatic heterocycles. The maximum Gasteiger partial charge on any atom is 0.150 e. The molecule has 0 aromatic heterocycles. The fraction of sp³-hybridized carbons (Fsp3) is 0. The number of phenols is 1. The fourth-order valence-corrected chi connectivity index (χ4v) is 0.809. The van der Waals surface area contributed by atoms with Crippen LogP contribution in [0.2, 0.25) is 0 Å². The third-order valence-electron chi connectivity index (χ3n) is 1.39. The molecular weight excluding hydrogens is 140 g/mol. The Morgan fingerprint density at radius 3 is 2.64 bits per heavy atom. The third kappa shape index (κ3) is 1.46. The van der Waals surface area contributed by atoms with Crippen LogP contribution in [0, 0.1) is 0 Å². The van der Waals surface area contributed by atoms with Gasteiger partial charge in [0, 0.05) is 11.1 Å². The van der Waals surface area contributed by atoms with E-state index >= 15 is 0 Å². The Morgan fingerprint density at radius 2 is 2.09 bits per heavy atom. The van der Waals surface area contributed by atoms with Crippen molar-refractivity contribution in [3.63, 3.8) is 0 Å². The first-order valence-electron chi connectivity index (χ1n) is 3.18. The molecule has 1 rings (SSSR count). The molecule has 2 nitrogen and oxygen atoms in total. The van der Waals surface area contributed by atoms with Crippen LogP contribution in [0.25, 0.3) is 5.57 Å². The zero-order valence-corrected chi connectivity index (χ0v) is 5.95. The fourth-order valence-electron chi connectivity index (χ4n) is 0.809. The predicted octanol–water partition coefficient (Wildman–Crippen LogP) is 1.60. The lowest BCUT2D eigenvalue weighted by molar-refractivity contribution is -0.103. The van der Waals surface area contributed by atoms with Gasteiger partial charge in [-0.05, 0) is 6.07 Å². The summed E-state index contributed by atoms with van der Waals surface area (Å²) in [6.45, 7) is 3.48. The van der Waals surface area contributed by atoms with Gasteiger partial charge in [-0.3, -0.25) is 4.79 Å². The first-order chi connectivity index (χ1) is 5.25. The number of hydrogen-bond acceptors (Lipinski definition) is 2. The van der Waals surface area contributed by atoms with E-state index in [0.29, 0.717) is 17.4 Å². The van der Waals surface area contributed by atoms with Crippen LogP contribution < -0.4 is 0 Å². The highest BCUT2D eigenvalue weighted by Gasteiger charge is 2.00. The van der Waals surface area contributed by atoms with Gasteiger partial charge in [0.1, 0.15) is 12.0 Å². The number of rotatable bonds is 2. The van der Waals surface area contributed by atoms with E-state index in [4.69, 9.17) is 0 Å². The molecule has 1 aromatic rings. The minimum absolute atomic E-state index is 0.0876. The van der Waals surface area contributed by atoms with E-state index in [1.807, 2.05) is 0 Å². The van der Waals surface area contributed by atoms with E-state index in [9.17, 15) is 9.90 Å². The van der Waals surface area contributed by atoms with Crippen molar-refractivity contribution in [2.75, 3.05) is 0 Å². The van der Waals surface area contributed by atoms with Gasteiger partial charge >= 0.3 is 0 Å². The van der Waals surface area contributed by atoms with Crippen LogP contribution in [-0.2, 0) is 4.79 Å². The molecule has 1 aromatic carbocycles. The highest BCUT2D eigenvalue weighted by molar-refractivity contribution is 6.06. The first-order valence-corrected chi connectivity index (χ1v) is 3.18. The van der Waals surface area contributed by atoms with Gasteiger partial charge in [0.05, 0.1) is 0 Å². The number of aromatic hydroxyl groups is 1. The molecule has 0 atom stereocenters. The molecule has 0 spiro atoms. The van der Waals surface area contributed by atoms with Gasteiger partial charge in [0.15, 0.2) is 0 Å². The quantitative estimate of drug-likeness (QED) is 0.511. The van der Waals surface area contributed by atoms with Gasteiger partial charge in [-0.1, -0.05) is 24.8 Å². The van der Waals surface area contributed by atoms with Gasteiger partial charge in [-0.25, -0.2) is 0 Å². The summed E-state index contributed by atoms with van der Waals surface area (Å²) >= 11 is 0. The molecule has 0 fully saturated rings. The number of hydrogen-bond donors (Lipinski definition) is 1. The Labute approximate surface area is 64.8 Å². The van der Waals surface area contributed by atoms with E-state index in [2.05, 4.69) is 6.58 Å². The number of benzene rings is 1. The summed E-state index contributed by atoms with van der Waals surface area (Å²) in [7, 11) is 0. The Balaban J connectivity index is 3.13. The van der Waals surface area contributed by atoms with E-state index < -0.39 is 0 Å². The molecule has 1 N–H and O–H groups in total. The normalized spacial score (nSPS) is 9.09. The van der Waals surface area contributed by atoms with Gasteiger partial charge < -0.3 is 5.11 Å². The van der Waals surface area contributed by atoms with Crippen LogP contribution in [0.3, 0.4) is 0 Å². The van der Waals surface area contributed by atoms with E-state index in [0.717, 1.165) is 0 Å². The molecule has 0 radical (unpaired) electrons. The first kappa shape index (κ1) is 7.54. The van der Waals surface area contributed by atoms with Crippen molar-refractivity contribution in [3.05, 3.63) is 36.4 Å². The van der Waals surface area contributed by atoms with Gasteiger partial charge in [-0.2, -0.15) is 0 Å². The molecule has 56 valence electrons. The summed E-state index contributed by atoms with van der Waals surface area (Å²) < 4.78 is 0. The lowest BCUT2D eigenvalue weighted by Crippen LogP contribution is -1.83. The number of carbonyl (C=O) groups excluding carboxylic acids is 1. The minimum atomic E-state index is 0.0876. The summed E-state index contributed by atoms with van der Waals surface area (Å²) in [5, 5.41) is 9.19. The molecule has 11 heavy (non-hydrogen) atoms. The number of aldehydes is 1. The molecule has 0 heterocycles. The highest BCUT2D eigenvalue weighted by atomic mass is 16.3. The molecule has 0 saturated heterocycles. The van der Waals surface area contributed by atoms with Crippen molar-refractivity contribution < 1.29 is 9.90 Å². The highest BCUT2D eigenvalue weighted by Crippen LogP contribution is 2.21. The largest absolute Gasteiger partial charge is 0.507 e. The monoisotopic (exact) mass is 148 g/mol. The lowest BCUT2D eigenvalue weighted by atomic mass is 10.1. The number of phenolic OH excluding ortho intramolecular Hbond substituents is 1. The topological polar surface area (TPSA) is 37.3 Å². The summed E-state index contributed by atoms with van der Waals surface area (Å²) in [6.07, 6.45) is 0.620. The van der Waals surface area contributed by atoms with Crippen LogP contribution in [0.1, 0.15) is 5.56 Å². The second-order valence-electron chi connectivity index (χ2n) is 2.16. The molecule has 0 aliphatic carbocycles. The van der Waals surface area contributed by atoms with Crippen LogP contribution >= 0.6 is 0 Å². The molecule has 0 bridgehead atoms. The zero-order valence-electron chi connectivity index (χ0n) is 5.95. The molecular formula is C9H8O2. The predicted molar refractivity (Wildman–Crippen MR) is 43.2 cm³/mol. The summed E-state index contributed by atoms with van der Waals surface area (Å²) in [5.74, 6) is 0.0876. The van der Waals surface area contributed by atoms with Crippen LogP contribution in [0.4, 0.5) is 0 Å². The third-order valence-corrected chi connectivity index (χ3v) is 1.39. The van der Waals surface area contributed by atoms with Crippen molar-refractivity contribution >= 4 is 11.9 Å². The smallest absolute Gasteiger partial charge is 0.150 e. The van der Waals surface area contributed by atoms with E-state index in [1.165, 1.54) is 6.07 Å². The van der Waals surface area contributed by atoms with Crippen LogP contribution in [0.5, 0.6) is 5.75 Å². The van der Waals surface area contributed by atoms with E-state index in [1.54, 1.807) is 18.2 Å². The van der Waals surface area contributed by atoms with Crippen molar-refractivity contribution in [3.8, 4) is 5.75 Å². The Kier molecular flexibility index (Phi) is 2.06. The SMILES string of the molecule is C=C(C=O)c1ccccc1O. The zero-order chi connectivity index (χ0) is 8.27. The van der Waals surface area contributed by atoms with Crippen molar-refractivity contribution in [1.82, 2.24) is 0 Å². The van der Waals surface area contributed by atoms with Gasteiger partial charge in [0.25, 0.3) is 0 Å². The van der Waals surface area contributed by atoms with Crippen LogP contribution in [-0.4, -0.2) is 11.4 Å². The molecule has 0 unspecified atom stereocenters. The standard InChI is InChI=1S/C9H8O2/c1-7(6-10)8-4-2-3-5-9(8)11/h2-6,11H,1H2. The maximum absolute atomic E-state index is 10.2. The number of carbonyl (C=O) groups is 1. The summed E-state index contributed by atoms with van der Waals surface area (Å²) in [4.78, 5) is 10.2. The van der Waals surface area contributed by atoms with Crippen molar-refractivity contribution in [1.29, 1.82) is 0 Å².